The lowest BCUT2D eigenvalue weighted by Crippen LogP contribution is -2.41. The number of nitrogens with one attached hydrogen (secondary N) is 1. The van der Waals surface area contributed by atoms with Gasteiger partial charge >= 0.3 is 0 Å². The summed E-state index contributed by atoms with van der Waals surface area (Å²) in [6, 6.07) is 15.8. The second-order valence-electron chi connectivity index (χ2n) is 7.07. The van der Waals surface area contributed by atoms with Crippen LogP contribution in [0.5, 0.6) is 11.5 Å². The minimum absolute atomic E-state index is 0.0108. The zero-order valence-corrected chi connectivity index (χ0v) is 15.0. The van der Waals surface area contributed by atoms with Crippen LogP contribution >= 0.6 is 0 Å². The third-order valence-electron chi connectivity index (χ3n) is 4.51. The van der Waals surface area contributed by atoms with Crippen LogP contribution in [0.1, 0.15) is 43.9 Å². The van der Waals surface area contributed by atoms with Gasteiger partial charge in [0.05, 0.1) is 13.2 Å². The number of fused-ring (bicyclic) bond motifs is 1. The molecule has 0 aromatic heterocycles. The Balaban J connectivity index is 1.62. The van der Waals surface area contributed by atoms with Crippen LogP contribution in [-0.4, -0.2) is 18.6 Å². The highest BCUT2D eigenvalue weighted by atomic mass is 16.5. The van der Waals surface area contributed by atoms with Crippen LogP contribution in [0.2, 0.25) is 0 Å². The van der Waals surface area contributed by atoms with Gasteiger partial charge in [0, 0.05) is 18.4 Å². The number of hydrogen-bond acceptors (Lipinski definition) is 3. The first-order valence-corrected chi connectivity index (χ1v) is 8.67. The lowest BCUT2D eigenvalue weighted by Gasteiger charge is -2.37. The normalized spacial score (nSPS) is 18.0. The third-order valence-corrected chi connectivity index (χ3v) is 4.51. The van der Waals surface area contributed by atoms with Crippen molar-refractivity contribution < 1.29 is 14.3 Å². The van der Waals surface area contributed by atoms with Crippen molar-refractivity contribution in [3.63, 3.8) is 0 Å². The molecule has 25 heavy (non-hydrogen) atoms. The number of ether oxygens (including phenoxy) is 2. The van der Waals surface area contributed by atoms with Gasteiger partial charge in [-0.15, -0.1) is 0 Å². The van der Waals surface area contributed by atoms with Gasteiger partial charge in [-0.3, -0.25) is 4.79 Å². The van der Waals surface area contributed by atoms with E-state index in [9.17, 15) is 4.79 Å². The largest absolute Gasteiger partial charge is 0.497 e. The third kappa shape index (κ3) is 4.32. The second-order valence-corrected chi connectivity index (χ2v) is 7.07. The smallest absolute Gasteiger partial charge is 0.220 e. The van der Waals surface area contributed by atoms with Crippen molar-refractivity contribution in [3.05, 3.63) is 59.7 Å². The summed E-state index contributed by atoms with van der Waals surface area (Å²) in [7, 11) is 1.65. The average Bonchev–Trinajstić information content (AvgIpc) is 2.59. The number of hydrogen-bond donors (Lipinski definition) is 1. The number of methoxy groups -OCH3 is 1. The fraction of sp³-hybridized carbons (Fsp3) is 0.381. The Morgan fingerprint density at radius 3 is 2.64 bits per heavy atom. The lowest BCUT2D eigenvalue weighted by molar-refractivity contribution is -0.122. The Kier molecular flexibility index (Phi) is 4.98. The molecule has 4 heteroatoms. The summed E-state index contributed by atoms with van der Waals surface area (Å²) >= 11 is 0. The molecule has 1 unspecified atom stereocenters. The van der Waals surface area contributed by atoms with Gasteiger partial charge in [0.1, 0.15) is 17.1 Å². The van der Waals surface area contributed by atoms with E-state index >= 15 is 0 Å². The van der Waals surface area contributed by atoms with E-state index in [0.29, 0.717) is 12.8 Å². The van der Waals surface area contributed by atoms with Crippen LogP contribution in [0, 0.1) is 0 Å². The number of para-hydroxylation sites is 1. The molecule has 0 bridgehead atoms. The molecular weight excluding hydrogens is 314 g/mol. The molecule has 2 aromatic carbocycles. The Labute approximate surface area is 149 Å². The van der Waals surface area contributed by atoms with Gasteiger partial charge in [-0.1, -0.05) is 30.3 Å². The first kappa shape index (κ1) is 17.3. The van der Waals surface area contributed by atoms with Crippen LogP contribution in [-0.2, 0) is 11.2 Å². The Hall–Kier alpha value is -2.49. The van der Waals surface area contributed by atoms with Crippen molar-refractivity contribution in [1.82, 2.24) is 5.32 Å². The zero-order valence-electron chi connectivity index (χ0n) is 15.0. The molecule has 132 valence electrons. The quantitative estimate of drug-likeness (QED) is 0.894. The van der Waals surface area contributed by atoms with E-state index in [0.717, 1.165) is 29.0 Å². The second kappa shape index (κ2) is 7.18. The number of rotatable bonds is 5. The zero-order chi connectivity index (χ0) is 17.9. The Morgan fingerprint density at radius 2 is 1.92 bits per heavy atom. The molecule has 0 fully saturated rings. The molecule has 2 aromatic rings. The summed E-state index contributed by atoms with van der Waals surface area (Å²) in [4.78, 5) is 12.5. The maximum absolute atomic E-state index is 12.5. The average molecular weight is 339 g/mol. The van der Waals surface area contributed by atoms with E-state index in [1.807, 2.05) is 48.5 Å². The molecular formula is C21H25NO3. The van der Waals surface area contributed by atoms with Gasteiger partial charge in [-0.2, -0.15) is 0 Å². The van der Waals surface area contributed by atoms with E-state index in [2.05, 4.69) is 19.2 Å². The molecule has 0 aliphatic carbocycles. The highest BCUT2D eigenvalue weighted by Gasteiger charge is 2.34. The molecule has 1 N–H and O–H groups in total. The van der Waals surface area contributed by atoms with Crippen LogP contribution < -0.4 is 14.8 Å². The van der Waals surface area contributed by atoms with Crippen molar-refractivity contribution in [2.24, 2.45) is 0 Å². The van der Waals surface area contributed by atoms with Crippen LogP contribution in [0.15, 0.2) is 48.5 Å². The van der Waals surface area contributed by atoms with Crippen LogP contribution in [0.4, 0.5) is 0 Å². The van der Waals surface area contributed by atoms with Gasteiger partial charge in [0.2, 0.25) is 5.91 Å². The van der Waals surface area contributed by atoms with Crippen molar-refractivity contribution in [2.45, 2.75) is 44.8 Å². The van der Waals surface area contributed by atoms with Crippen molar-refractivity contribution in [1.29, 1.82) is 0 Å². The molecule has 1 aliphatic heterocycles. The number of carbonyl (C=O) groups excluding carboxylic acids is 1. The minimum Gasteiger partial charge on any atom is -0.497 e. The monoisotopic (exact) mass is 339 g/mol. The summed E-state index contributed by atoms with van der Waals surface area (Å²) in [6.45, 7) is 4.11. The summed E-state index contributed by atoms with van der Waals surface area (Å²) < 4.78 is 11.2. The molecule has 1 aliphatic rings. The predicted molar refractivity (Wildman–Crippen MR) is 98.0 cm³/mol. The van der Waals surface area contributed by atoms with E-state index in [4.69, 9.17) is 9.47 Å². The number of amides is 1. The van der Waals surface area contributed by atoms with E-state index in [-0.39, 0.29) is 17.6 Å². The maximum Gasteiger partial charge on any atom is 0.220 e. The molecule has 3 rings (SSSR count). The molecule has 1 heterocycles. The maximum atomic E-state index is 12.5. The number of benzene rings is 2. The number of aryl methyl sites for hydroxylation is 1. The van der Waals surface area contributed by atoms with Gasteiger partial charge in [0.15, 0.2) is 0 Å². The lowest BCUT2D eigenvalue weighted by atomic mass is 9.89. The van der Waals surface area contributed by atoms with Gasteiger partial charge in [-0.05, 0) is 44.0 Å². The molecule has 0 saturated heterocycles. The molecule has 1 atom stereocenters. The van der Waals surface area contributed by atoms with E-state index in [1.165, 1.54) is 0 Å². The minimum atomic E-state index is -0.289. The summed E-state index contributed by atoms with van der Waals surface area (Å²) in [5, 5.41) is 3.18. The standard InChI is InChI=1S/C21H25NO3/c1-21(2)14-18(17-6-4-5-7-19(17)25-21)22-20(23)13-10-15-8-11-16(24-3)12-9-15/h4-9,11-12,18H,10,13-14H2,1-3H3,(H,22,23). The van der Waals surface area contributed by atoms with Gasteiger partial charge in [0.25, 0.3) is 0 Å². The van der Waals surface area contributed by atoms with Gasteiger partial charge in [-0.25, -0.2) is 0 Å². The number of carbonyl (C=O) groups is 1. The van der Waals surface area contributed by atoms with Crippen LogP contribution in [0.3, 0.4) is 0 Å². The van der Waals surface area contributed by atoms with E-state index < -0.39 is 0 Å². The van der Waals surface area contributed by atoms with Crippen molar-refractivity contribution in [3.8, 4) is 11.5 Å². The first-order chi connectivity index (χ1) is 12.0. The van der Waals surface area contributed by atoms with Gasteiger partial charge < -0.3 is 14.8 Å². The Morgan fingerprint density at radius 1 is 1.20 bits per heavy atom. The highest BCUT2D eigenvalue weighted by Crippen LogP contribution is 2.39. The fourth-order valence-corrected chi connectivity index (χ4v) is 3.25. The molecule has 1 amide bonds. The highest BCUT2D eigenvalue weighted by molar-refractivity contribution is 5.77. The predicted octanol–water partition coefficient (Wildman–Crippen LogP) is 4.05. The fourth-order valence-electron chi connectivity index (χ4n) is 3.25. The Bertz CT molecular complexity index is 737. The van der Waals surface area contributed by atoms with E-state index in [1.54, 1.807) is 7.11 Å². The van der Waals surface area contributed by atoms with Crippen molar-refractivity contribution >= 4 is 5.91 Å². The first-order valence-electron chi connectivity index (χ1n) is 8.67. The van der Waals surface area contributed by atoms with Crippen molar-refractivity contribution in [2.75, 3.05) is 7.11 Å². The topological polar surface area (TPSA) is 47.6 Å². The molecule has 0 spiro atoms. The summed E-state index contributed by atoms with van der Waals surface area (Å²) in [6.07, 6.45) is 1.94. The SMILES string of the molecule is COc1ccc(CCC(=O)NC2CC(C)(C)Oc3ccccc32)cc1. The summed E-state index contributed by atoms with van der Waals surface area (Å²) in [5.41, 5.74) is 1.89. The molecule has 0 radical (unpaired) electrons. The molecule has 0 saturated carbocycles. The summed E-state index contributed by atoms with van der Waals surface area (Å²) in [5.74, 6) is 1.75. The van der Waals surface area contributed by atoms with Crippen LogP contribution in [0.25, 0.3) is 0 Å². The molecule has 4 nitrogen and oxygen atoms in total.